The lowest BCUT2D eigenvalue weighted by molar-refractivity contribution is -0.127. The second-order valence-electron chi connectivity index (χ2n) is 6.92. The molecule has 32 heavy (non-hydrogen) atoms. The third-order valence-corrected chi connectivity index (χ3v) is 6.08. The Labute approximate surface area is 201 Å². The molecule has 3 rings (SSSR count). The maximum Gasteiger partial charge on any atom is 0.316 e. The summed E-state index contributed by atoms with van der Waals surface area (Å²) >= 11 is 6.82. The van der Waals surface area contributed by atoms with Gasteiger partial charge in [-0.2, -0.15) is 10.1 Å². The third-order valence-electron chi connectivity index (χ3n) is 4.43. The topological polar surface area (TPSA) is 124 Å². The van der Waals surface area contributed by atoms with Gasteiger partial charge in [0.15, 0.2) is 11.9 Å². The largest absolute Gasteiger partial charge is 0.481 e. The van der Waals surface area contributed by atoms with Crippen molar-refractivity contribution in [3.8, 4) is 5.75 Å². The van der Waals surface area contributed by atoms with Crippen LogP contribution in [0.25, 0.3) is 0 Å². The van der Waals surface area contributed by atoms with E-state index < -0.39 is 12.0 Å². The molecule has 12 heteroatoms. The molecule has 10 nitrogen and oxygen atoms in total. The van der Waals surface area contributed by atoms with Gasteiger partial charge in [0.25, 0.3) is 5.91 Å². The van der Waals surface area contributed by atoms with Crippen molar-refractivity contribution in [2.45, 2.75) is 33.4 Å². The predicted octanol–water partition coefficient (Wildman–Crippen LogP) is 2.77. The average molecular weight is 570 g/mol. The van der Waals surface area contributed by atoms with E-state index in [0.29, 0.717) is 11.6 Å². The summed E-state index contributed by atoms with van der Waals surface area (Å²) in [7, 11) is 0. The lowest BCUT2D eigenvalue weighted by atomic mass is 10.3. The molecule has 0 spiro atoms. The Hall–Kier alpha value is -2.73. The van der Waals surface area contributed by atoms with Crippen molar-refractivity contribution in [2.24, 2.45) is 0 Å². The number of nitrogens with one attached hydrogen (secondary N) is 2. The summed E-state index contributed by atoms with van der Waals surface area (Å²) in [5.74, 6) is -0.0602. The molecule has 0 radical (unpaired) electrons. The molecule has 0 aliphatic heterocycles. The summed E-state index contributed by atoms with van der Waals surface area (Å²) in [5, 5.41) is 13.5. The highest BCUT2D eigenvalue weighted by atomic mass is 79.9. The quantitative estimate of drug-likeness (QED) is 0.380. The van der Waals surface area contributed by atoms with E-state index in [4.69, 9.17) is 9.26 Å². The van der Waals surface area contributed by atoms with Crippen molar-refractivity contribution in [3.05, 3.63) is 56.3 Å². The van der Waals surface area contributed by atoms with Gasteiger partial charge in [0.1, 0.15) is 12.3 Å². The number of aromatic nitrogens is 4. The molecule has 3 aromatic rings. The number of carbonyl (C=O) groups excluding carboxylic acids is 2. The van der Waals surface area contributed by atoms with E-state index in [9.17, 15) is 9.59 Å². The van der Waals surface area contributed by atoms with Crippen LogP contribution < -0.4 is 15.4 Å². The highest BCUT2D eigenvalue weighted by molar-refractivity contribution is 9.10. The molecule has 2 aromatic heterocycles. The molecule has 1 unspecified atom stereocenters. The number of halogens is 2. The van der Waals surface area contributed by atoms with Crippen molar-refractivity contribution in [3.63, 3.8) is 0 Å². The van der Waals surface area contributed by atoms with Crippen molar-refractivity contribution in [2.75, 3.05) is 13.1 Å². The molecular weight excluding hydrogens is 548 g/mol. The number of benzene rings is 1. The fraction of sp³-hybridized carbons (Fsp3) is 0.350. The molecule has 0 saturated carbocycles. The molecular formula is C20H22Br2N6O4. The zero-order chi connectivity index (χ0) is 23.3. The van der Waals surface area contributed by atoms with Crippen LogP contribution >= 0.6 is 31.9 Å². The van der Waals surface area contributed by atoms with E-state index in [0.717, 1.165) is 20.3 Å². The fourth-order valence-electron chi connectivity index (χ4n) is 2.75. The molecule has 1 atom stereocenters. The van der Waals surface area contributed by atoms with Gasteiger partial charge in [0.05, 0.1) is 15.9 Å². The first-order chi connectivity index (χ1) is 15.2. The lowest BCUT2D eigenvalue weighted by Crippen LogP contribution is -2.40. The third kappa shape index (κ3) is 6.16. The molecule has 0 saturated heterocycles. The molecule has 0 bridgehead atoms. The molecule has 2 heterocycles. The molecule has 0 fully saturated rings. The number of carbonyl (C=O) groups is 2. The minimum Gasteiger partial charge on any atom is -0.481 e. The highest BCUT2D eigenvalue weighted by Crippen LogP contribution is 2.20. The molecule has 0 aliphatic rings. The monoisotopic (exact) mass is 568 g/mol. The SMILES string of the molecule is Cc1nn(Cc2noc(C(=O)NCCNC(=O)C(C)Oc3cccc(Br)c3)n2)c(C)c1Br. The standard InChI is InChI=1S/C20H22Br2N6O4/c1-11-17(22)12(2)28(26-11)10-16-25-20(32-27-16)19(30)24-8-7-23-18(29)13(3)31-15-6-4-5-14(21)9-15/h4-6,9,13H,7-8,10H2,1-3H3,(H,23,29)(H,24,30). The average Bonchev–Trinajstić information content (AvgIpc) is 3.31. The van der Waals surface area contributed by atoms with Gasteiger partial charge in [-0.15, -0.1) is 0 Å². The first-order valence-corrected chi connectivity index (χ1v) is 11.3. The van der Waals surface area contributed by atoms with E-state index >= 15 is 0 Å². The van der Waals surface area contributed by atoms with Gasteiger partial charge in [-0.25, -0.2) is 0 Å². The zero-order valence-corrected chi connectivity index (χ0v) is 20.9. The van der Waals surface area contributed by atoms with E-state index in [-0.39, 0.29) is 31.4 Å². The smallest absolute Gasteiger partial charge is 0.316 e. The van der Waals surface area contributed by atoms with Gasteiger partial charge >= 0.3 is 11.8 Å². The normalized spacial score (nSPS) is 11.8. The summed E-state index contributed by atoms with van der Waals surface area (Å²) in [4.78, 5) is 28.5. The first-order valence-electron chi connectivity index (χ1n) is 9.75. The van der Waals surface area contributed by atoms with Crippen molar-refractivity contribution in [1.82, 2.24) is 30.6 Å². The van der Waals surface area contributed by atoms with Crippen LogP contribution in [0.1, 0.15) is 34.8 Å². The number of rotatable bonds is 9. The van der Waals surface area contributed by atoms with Crippen LogP contribution in [0.4, 0.5) is 0 Å². The van der Waals surface area contributed by atoms with Gasteiger partial charge in [-0.1, -0.05) is 27.2 Å². The predicted molar refractivity (Wildman–Crippen MR) is 122 cm³/mol. The fourth-order valence-corrected chi connectivity index (χ4v) is 3.41. The highest BCUT2D eigenvalue weighted by Gasteiger charge is 2.18. The van der Waals surface area contributed by atoms with Crippen LogP contribution in [0.3, 0.4) is 0 Å². The van der Waals surface area contributed by atoms with Gasteiger partial charge < -0.3 is 19.9 Å². The first kappa shape index (κ1) is 23.9. The Kier molecular flexibility index (Phi) is 8.02. The number of hydrogen-bond donors (Lipinski definition) is 2. The van der Waals surface area contributed by atoms with Crippen molar-refractivity contribution < 1.29 is 18.8 Å². The van der Waals surface area contributed by atoms with Crippen LogP contribution in [-0.2, 0) is 11.3 Å². The lowest BCUT2D eigenvalue weighted by Gasteiger charge is -2.15. The number of aryl methyl sites for hydroxylation is 1. The zero-order valence-electron chi connectivity index (χ0n) is 17.7. The second-order valence-corrected chi connectivity index (χ2v) is 8.63. The minimum atomic E-state index is -0.687. The Morgan fingerprint density at radius 3 is 2.66 bits per heavy atom. The van der Waals surface area contributed by atoms with Crippen LogP contribution in [0.2, 0.25) is 0 Å². The van der Waals surface area contributed by atoms with E-state index in [1.165, 1.54) is 0 Å². The summed E-state index contributed by atoms with van der Waals surface area (Å²) in [6.07, 6.45) is -0.687. The van der Waals surface area contributed by atoms with E-state index in [1.54, 1.807) is 23.7 Å². The van der Waals surface area contributed by atoms with Crippen LogP contribution in [0.5, 0.6) is 5.75 Å². The second kappa shape index (κ2) is 10.7. The Bertz CT molecular complexity index is 1110. The minimum absolute atomic E-state index is 0.154. The van der Waals surface area contributed by atoms with Crippen molar-refractivity contribution in [1.29, 1.82) is 0 Å². The number of hydrogen-bond acceptors (Lipinski definition) is 7. The number of nitrogens with zero attached hydrogens (tertiary/aromatic N) is 4. The molecule has 1 aromatic carbocycles. The summed E-state index contributed by atoms with van der Waals surface area (Å²) < 4.78 is 14.1. The van der Waals surface area contributed by atoms with E-state index in [2.05, 4.69) is 57.7 Å². The maximum atomic E-state index is 12.2. The van der Waals surface area contributed by atoms with Crippen LogP contribution in [0.15, 0.2) is 37.7 Å². The van der Waals surface area contributed by atoms with Crippen molar-refractivity contribution >= 4 is 43.7 Å². The summed E-state index contributed by atoms with van der Waals surface area (Å²) in [5.41, 5.74) is 1.77. The number of ether oxygens (including phenoxy) is 1. The van der Waals surface area contributed by atoms with Crippen LogP contribution in [0, 0.1) is 13.8 Å². The van der Waals surface area contributed by atoms with Crippen LogP contribution in [-0.4, -0.2) is 50.9 Å². The van der Waals surface area contributed by atoms with E-state index in [1.807, 2.05) is 26.0 Å². The number of amides is 2. The Morgan fingerprint density at radius 2 is 1.97 bits per heavy atom. The maximum absolute atomic E-state index is 12.2. The van der Waals surface area contributed by atoms with Gasteiger partial charge in [0.2, 0.25) is 0 Å². The van der Waals surface area contributed by atoms with Gasteiger partial charge in [0, 0.05) is 17.6 Å². The summed E-state index contributed by atoms with van der Waals surface area (Å²) in [6.45, 7) is 6.14. The molecule has 0 aliphatic carbocycles. The van der Waals surface area contributed by atoms with Gasteiger partial charge in [-0.3, -0.25) is 14.3 Å². The molecule has 2 amide bonds. The Morgan fingerprint density at radius 1 is 1.22 bits per heavy atom. The van der Waals surface area contributed by atoms with Gasteiger partial charge in [-0.05, 0) is 54.9 Å². The molecule has 2 N–H and O–H groups in total. The Balaban J connectivity index is 1.42. The summed E-state index contributed by atoms with van der Waals surface area (Å²) in [6, 6.07) is 7.22. The molecule has 170 valence electrons.